The molecule has 3 aromatic carbocycles. The molecule has 0 fully saturated rings. The number of thiophene rings is 1. The molecule has 2 heterocycles. The van der Waals surface area contributed by atoms with Gasteiger partial charge in [-0.05, 0) is 67.1 Å². The number of phenolic OH excluding ortho intramolecular Hbond substituents is 1. The van der Waals surface area contributed by atoms with Crippen molar-refractivity contribution in [1.82, 2.24) is 15.0 Å². The number of thioether (sulfide) groups is 1. The Morgan fingerprint density at radius 3 is 2.77 bits per heavy atom. The van der Waals surface area contributed by atoms with E-state index in [9.17, 15) is 14.7 Å². The molecule has 2 aromatic heterocycles. The van der Waals surface area contributed by atoms with Crippen LogP contribution in [0.5, 0.6) is 5.75 Å². The lowest BCUT2D eigenvalue weighted by molar-refractivity contribution is -0.118. The number of fused-ring (bicyclic) bond motifs is 4. The minimum Gasteiger partial charge on any atom is -0.507 e. The number of aromatic hydroxyl groups is 1. The van der Waals surface area contributed by atoms with Crippen molar-refractivity contribution in [3.8, 4) is 11.4 Å². The Bertz CT molecular complexity index is 1810. The number of aromatic nitrogens is 2. The molecule has 0 saturated heterocycles. The summed E-state index contributed by atoms with van der Waals surface area (Å²) < 4.78 is 1.62. The van der Waals surface area contributed by atoms with Crippen molar-refractivity contribution in [2.75, 3.05) is 5.75 Å². The smallest absolute Gasteiger partial charge is 0.267 e. The molecule has 0 radical (unpaired) electrons. The molecule has 0 atom stereocenters. The molecule has 2 N–H and O–H groups in total. The zero-order valence-corrected chi connectivity index (χ0v) is 22.9. The largest absolute Gasteiger partial charge is 0.507 e. The maximum Gasteiger partial charge on any atom is 0.267 e. The predicted octanol–water partition coefficient (Wildman–Crippen LogP) is 5.74. The fourth-order valence-electron chi connectivity index (χ4n) is 4.96. The van der Waals surface area contributed by atoms with E-state index in [2.05, 4.69) is 10.5 Å². The van der Waals surface area contributed by atoms with Crippen molar-refractivity contribution >= 4 is 56.2 Å². The van der Waals surface area contributed by atoms with Gasteiger partial charge in [0.05, 0.1) is 23.0 Å². The van der Waals surface area contributed by atoms with E-state index >= 15 is 0 Å². The molecular formula is C30H26N4O3S2. The van der Waals surface area contributed by atoms with Crippen LogP contribution in [0.25, 0.3) is 26.7 Å². The first kappa shape index (κ1) is 25.3. The summed E-state index contributed by atoms with van der Waals surface area (Å²) in [5, 5.41) is 17.4. The van der Waals surface area contributed by atoms with E-state index in [-0.39, 0.29) is 23.0 Å². The van der Waals surface area contributed by atoms with E-state index in [4.69, 9.17) is 4.98 Å². The highest BCUT2D eigenvalue weighted by molar-refractivity contribution is 7.99. The molecule has 39 heavy (non-hydrogen) atoms. The highest BCUT2D eigenvalue weighted by Crippen LogP contribution is 2.35. The summed E-state index contributed by atoms with van der Waals surface area (Å²) in [7, 11) is 0. The van der Waals surface area contributed by atoms with Crippen LogP contribution >= 0.6 is 23.1 Å². The number of phenols is 1. The molecule has 5 aromatic rings. The summed E-state index contributed by atoms with van der Waals surface area (Å²) >= 11 is 2.80. The van der Waals surface area contributed by atoms with Crippen LogP contribution in [0.15, 0.2) is 75.7 Å². The van der Waals surface area contributed by atoms with Crippen molar-refractivity contribution in [2.45, 2.75) is 37.8 Å². The molecule has 7 nitrogen and oxygen atoms in total. The number of rotatable bonds is 6. The Kier molecular flexibility index (Phi) is 6.93. The van der Waals surface area contributed by atoms with Gasteiger partial charge in [0.25, 0.3) is 11.5 Å². The van der Waals surface area contributed by atoms with Crippen LogP contribution in [-0.4, -0.2) is 32.5 Å². The molecule has 0 unspecified atom stereocenters. The van der Waals surface area contributed by atoms with Crippen molar-refractivity contribution in [1.29, 1.82) is 0 Å². The van der Waals surface area contributed by atoms with Crippen LogP contribution in [-0.2, 0) is 17.6 Å². The van der Waals surface area contributed by atoms with Gasteiger partial charge in [0.15, 0.2) is 5.16 Å². The SMILES string of the molecule is Cc1ccc(-n2c(SCC(=O)NN=Cc3c(O)ccc4ccccc34)nc3sc4c(c3c2=O)CCCC4)cc1. The number of amides is 1. The summed E-state index contributed by atoms with van der Waals surface area (Å²) in [5.41, 5.74) is 5.94. The van der Waals surface area contributed by atoms with E-state index in [0.29, 0.717) is 16.1 Å². The summed E-state index contributed by atoms with van der Waals surface area (Å²) in [6.45, 7) is 2.00. The minimum absolute atomic E-state index is 0.0216. The van der Waals surface area contributed by atoms with Gasteiger partial charge in [-0.2, -0.15) is 5.10 Å². The minimum atomic E-state index is -0.341. The lowest BCUT2D eigenvalue weighted by atomic mass is 9.97. The van der Waals surface area contributed by atoms with Gasteiger partial charge in [-0.1, -0.05) is 59.8 Å². The monoisotopic (exact) mass is 554 g/mol. The van der Waals surface area contributed by atoms with Crippen molar-refractivity contribution in [2.24, 2.45) is 5.10 Å². The second-order valence-electron chi connectivity index (χ2n) is 9.56. The van der Waals surface area contributed by atoms with E-state index in [1.54, 1.807) is 22.0 Å². The highest BCUT2D eigenvalue weighted by Gasteiger charge is 2.23. The number of benzene rings is 3. The van der Waals surface area contributed by atoms with Gasteiger partial charge >= 0.3 is 0 Å². The lowest BCUT2D eigenvalue weighted by Crippen LogP contribution is -2.24. The number of hydrogen-bond acceptors (Lipinski definition) is 7. The highest BCUT2D eigenvalue weighted by atomic mass is 32.2. The third kappa shape index (κ3) is 4.95. The van der Waals surface area contributed by atoms with Crippen LogP contribution in [0.4, 0.5) is 0 Å². The Labute approximate surface area is 233 Å². The second-order valence-corrected chi connectivity index (χ2v) is 11.6. The van der Waals surface area contributed by atoms with E-state index in [1.807, 2.05) is 61.5 Å². The average Bonchev–Trinajstić information content (AvgIpc) is 3.32. The maximum absolute atomic E-state index is 13.8. The van der Waals surface area contributed by atoms with Gasteiger partial charge in [0.2, 0.25) is 0 Å². The quantitative estimate of drug-likeness (QED) is 0.121. The zero-order valence-electron chi connectivity index (χ0n) is 21.3. The molecule has 196 valence electrons. The third-order valence-electron chi connectivity index (χ3n) is 6.91. The predicted molar refractivity (Wildman–Crippen MR) is 159 cm³/mol. The van der Waals surface area contributed by atoms with Crippen LogP contribution in [0, 0.1) is 6.92 Å². The first-order valence-electron chi connectivity index (χ1n) is 12.8. The Balaban J connectivity index is 1.27. The summed E-state index contributed by atoms with van der Waals surface area (Å²) in [5.74, 6) is -0.237. The Morgan fingerprint density at radius 2 is 1.92 bits per heavy atom. The van der Waals surface area contributed by atoms with Gasteiger partial charge in [-0.15, -0.1) is 11.3 Å². The second kappa shape index (κ2) is 10.7. The van der Waals surface area contributed by atoms with E-state index in [1.165, 1.54) is 22.9 Å². The third-order valence-corrected chi connectivity index (χ3v) is 9.04. The summed E-state index contributed by atoms with van der Waals surface area (Å²) in [4.78, 5) is 33.5. The number of hydrazone groups is 1. The molecule has 0 saturated carbocycles. The molecule has 1 aliphatic carbocycles. The molecule has 6 rings (SSSR count). The lowest BCUT2D eigenvalue weighted by Gasteiger charge is -2.13. The van der Waals surface area contributed by atoms with Gasteiger partial charge in [-0.3, -0.25) is 14.2 Å². The molecule has 0 bridgehead atoms. The van der Waals surface area contributed by atoms with Crippen LogP contribution in [0.1, 0.15) is 34.4 Å². The number of aryl methyl sites for hydroxylation is 3. The first-order chi connectivity index (χ1) is 19.0. The van der Waals surface area contributed by atoms with Crippen molar-refractivity contribution < 1.29 is 9.90 Å². The number of nitrogens with zero attached hydrogens (tertiary/aromatic N) is 3. The fraction of sp³-hybridized carbons (Fsp3) is 0.200. The standard InChI is InChI=1S/C30H26N4O3S2/c1-18-10-13-20(14-11-18)34-29(37)27-22-8-4-5-9-25(22)39-28(27)32-30(34)38-17-26(36)33-31-16-23-21-7-3-2-6-19(21)12-15-24(23)35/h2-3,6-7,10-16,35H,4-5,8-9,17H2,1H3,(H,33,36). The fourth-order valence-corrected chi connectivity index (χ4v) is 7.06. The van der Waals surface area contributed by atoms with Gasteiger partial charge < -0.3 is 5.11 Å². The van der Waals surface area contributed by atoms with Gasteiger partial charge in [0.1, 0.15) is 10.6 Å². The molecule has 0 spiro atoms. The average molecular weight is 555 g/mol. The number of hydrogen-bond donors (Lipinski definition) is 2. The zero-order chi connectivity index (χ0) is 26.9. The topological polar surface area (TPSA) is 96.6 Å². The van der Waals surface area contributed by atoms with Crippen LogP contribution in [0.2, 0.25) is 0 Å². The van der Waals surface area contributed by atoms with Gasteiger partial charge in [0, 0.05) is 10.4 Å². The first-order valence-corrected chi connectivity index (χ1v) is 14.6. The van der Waals surface area contributed by atoms with Crippen molar-refractivity contribution in [3.63, 3.8) is 0 Å². The number of carbonyl (C=O) groups excluding carboxylic acids is 1. The molecule has 1 aliphatic rings. The molecule has 1 amide bonds. The Hall–Kier alpha value is -3.95. The summed E-state index contributed by atoms with van der Waals surface area (Å²) in [6, 6.07) is 18.8. The maximum atomic E-state index is 13.8. The Morgan fingerprint density at radius 1 is 1.13 bits per heavy atom. The normalized spacial score (nSPS) is 13.3. The molecular weight excluding hydrogens is 528 g/mol. The summed E-state index contributed by atoms with van der Waals surface area (Å²) in [6.07, 6.45) is 5.54. The van der Waals surface area contributed by atoms with E-state index < -0.39 is 0 Å². The van der Waals surface area contributed by atoms with Crippen molar-refractivity contribution in [3.05, 3.63) is 92.6 Å². The van der Waals surface area contributed by atoms with Crippen LogP contribution < -0.4 is 11.0 Å². The van der Waals surface area contributed by atoms with Gasteiger partial charge in [-0.25, -0.2) is 10.4 Å². The van der Waals surface area contributed by atoms with E-state index in [0.717, 1.165) is 58.1 Å². The molecule has 9 heteroatoms. The van der Waals surface area contributed by atoms with Crippen LogP contribution in [0.3, 0.4) is 0 Å². The number of carbonyl (C=O) groups is 1. The number of nitrogens with one attached hydrogen (secondary N) is 1. The molecule has 0 aliphatic heterocycles.